The van der Waals surface area contributed by atoms with Gasteiger partial charge in [-0.15, -0.1) is 6.42 Å². The predicted octanol–water partition coefficient (Wildman–Crippen LogP) is 1.08. The van der Waals surface area contributed by atoms with Crippen LogP contribution in [0.2, 0.25) is 0 Å². The first-order valence-electron chi connectivity index (χ1n) is 7.16. The van der Waals surface area contributed by atoms with Crippen LogP contribution in [0.1, 0.15) is 22.2 Å². The number of hydrogen-bond acceptors (Lipinski definition) is 3. The Balaban J connectivity index is 2.48. The molecule has 2 rings (SSSR count). The number of carbonyl (C=O) groups is 2. The van der Waals surface area contributed by atoms with Crippen molar-refractivity contribution in [2.24, 2.45) is 0 Å². The minimum absolute atomic E-state index is 0.0795. The van der Waals surface area contributed by atoms with Crippen molar-refractivity contribution in [1.82, 2.24) is 4.90 Å². The lowest BCUT2D eigenvalue weighted by atomic mass is 10.0. The van der Waals surface area contributed by atoms with E-state index in [0.717, 1.165) is 7.05 Å². The molecule has 1 aromatic rings. The van der Waals surface area contributed by atoms with E-state index < -0.39 is 30.3 Å². The van der Waals surface area contributed by atoms with Crippen molar-refractivity contribution in [1.29, 1.82) is 0 Å². The molecule has 4 nitrogen and oxygen atoms in total. The van der Waals surface area contributed by atoms with Crippen molar-refractivity contribution < 1.29 is 19.8 Å². The van der Waals surface area contributed by atoms with E-state index in [1.807, 2.05) is 5.92 Å². The third-order valence-corrected chi connectivity index (χ3v) is 2.46. The van der Waals surface area contributed by atoms with Gasteiger partial charge in [0.2, 0.25) is 0 Å². The fraction of sp³-hybridized carbons (Fsp3) is 0.286. The molecule has 0 radical (unpaired) electrons. The Morgan fingerprint density at radius 2 is 2.22 bits per heavy atom. The summed E-state index contributed by atoms with van der Waals surface area (Å²) in [5.41, 5.74) is -2.58. The van der Waals surface area contributed by atoms with Gasteiger partial charge in [-0.25, -0.2) is 4.79 Å². The Hall–Kier alpha value is -2.28. The lowest BCUT2D eigenvalue weighted by Gasteiger charge is -2.21. The van der Waals surface area contributed by atoms with Crippen LogP contribution in [-0.2, 0) is 9.53 Å². The van der Waals surface area contributed by atoms with Crippen LogP contribution < -0.4 is 0 Å². The monoisotopic (exact) mass is 247 g/mol. The van der Waals surface area contributed by atoms with Crippen LogP contribution >= 0.6 is 0 Å². The van der Waals surface area contributed by atoms with Gasteiger partial charge in [0.1, 0.15) is 0 Å². The summed E-state index contributed by atoms with van der Waals surface area (Å²) in [6, 6.07) is 7.63. The van der Waals surface area contributed by atoms with Gasteiger partial charge in [0.25, 0.3) is 11.5 Å². The fourth-order valence-corrected chi connectivity index (χ4v) is 1.47. The van der Waals surface area contributed by atoms with Crippen molar-refractivity contribution in [2.75, 3.05) is 13.5 Å². The molecular formula is C14H13NO3. The van der Waals surface area contributed by atoms with Crippen molar-refractivity contribution in [3.8, 4) is 12.3 Å². The highest BCUT2D eigenvalue weighted by atomic mass is 16.6. The SMILES string of the molecule is [2H]C1([2H])N(C)C(=O)C(C#C)(OC(=O)c2ccccc2)C1([2H])[2H]. The van der Waals surface area contributed by atoms with Crippen LogP contribution in [0.4, 0.5) is 0 Å². The summed E-state index contributed by atoms with van der Waals surface area (Å²) in [6.45, 7) is -2.71. The molecule has 0 aromatic heterocycles. The number of hydrogen-bond donors (Lipinski definition) is 0. The lowest BCUT2D eigenvalue weighted by molar-refractivity contribution is -0.138. The first kappa shape index (κ1) is 7.93. The van der Waals surface area contributed by atoms with Crippen LogP contribution in [0, 0.1) is 12.3 Å². The first-order chi connectivity index (χ1) is 10.1. The van der Waals surface area contributed by atoms with Gasteiger partial charge >= 0.3 is 5.97 Å². The number of terminal acetylenes is 1. The topological polar surface area (TPSA) is 46.6 Å². The first-order valence-corrected chi connectivity index (χ1v) is 5.16. The van der Waals surface area contributed by atoms with Crippen LogP contribution in [0.25, 0.3) is 0 Å². The van der Waals surface area contributed by atoms with Crippen LogP contribution in [-0.4, -0.2) is 35.9 Å². The van der Waals surface area contributed by atoms with E-state index in [1.165, 1.54) is 12.1 Å². The van der Waals surface area contributed by atoms with E-state index in [4.69, 9.17) is 16.6 Å². The lowest BCUT2D eigenvalue weighted by Crippen LogP contribution is -2.41. The zero-order chi connectivity index (χ0) is 16.8. The average Bonchev–Trinajstić information content (AvgIpc) is 2.59. The van der Waals surface area contributed by atoms with E-state index in [9.17, 15) is 9.59 Å². The number of esters is 1. The second-order valence-electron chi connectivity index (χ2n) is 3.68. The molecule has 1 heterocycles. The highest BCUT2D eigenvalue weighted by Gasteiger charge is 2.47. The van der Waals surface area contributed by atoms with Crippen LogP contribution in [0.3, 0.4) is 0 Å². The van der Waals surface area contributed by atoms with Crippen LogP contribution in [0.5, 0.6) is 0 Å². The molecule has 1 aromatic carbocycles. The van der Waals surface area contributed by atoms with Crippen LogP contribution in [0.15, 0.2) is 30.3 Å². The Bertz CT molecular complexity index is 668. The smallest absolute Gasteiger partial charge is 0.340 e. The molecule has 1 amide bonds. The molecule has 0 aliphatic carbocycles. The van der Waals surface area contributed by atoms with Gasteiger partial charge < -0.3 is 9.64 Å². The highest BCUT2D eigenvalue weighted by Crippen LogP contribution is 2.26. The van der Waals surface area contributed by atoms with Crippen molar-refractivity contribution in [3.05, 3.63) is 35.9 Å². The summed E-state index contributed by atoms with van der Waals surface area (Å²) < 4.78 is 36.3. The quantitative estimate of drug-likeness (QED) is 0.580. The van der Waals surface area contributed by atoms with Gasteiger partial charge in [0.05, 0.1) is 5.56 Å². The molecule has 1 fully saturated rings. The average molecular weight is 247 g/mol. The highest BCUT2D eigenvalue weighted by molar-refractivity contribution is 5.96. The molecule has 1 saturated heterocycles. The normalized spacial score (nSPS) is 31.6. The maximum absolute atomic E-state index is 12.3. The zero-order valence-electron chi connectivity index (χ0n) is 13.6. The Labute approximate surface area is 111 Å². The number of likely N-dealkylation sites (tertiary alicyclic amines) is 1. The second-order valence-corrected chi connectivity index (χ2v) is 3.68. The van der Waals surface area contributed by atoms with Gasteiger partial charge in [-0.05, 0) is 18.1 Å². The number of benzene rings is 1. The van der Waals surface area contributed by atoms with Crippen molar-refractivity contribution in [2.45, 2.75) is 12.0 Å². The number of ether oxygens (including phenoxy) is 1. The third-order valence-electron chi connectivity index (χ3n) is 2.46. The standard InChI is InChI=1S/C14H13NO3/c1-3-14(9-10-15(2)13(14)17)18-12(16)11-7-5-4-6-8-11/h1,4-8H,9-10H2,2H3/i9D2,10D2. The van der Waals surface area contributed by atoms with Crippen molar-refractivity contribution >= 4 is 11.9 Å². The summed E-state index contributed by atoms with van der Waals surface area (Å²) in [6.07, 6.45) is 2.35. The Morgan fingerprint density at radius 3 is 2.72 bits per heavy atom. The maximum Gasteiger partial charge on any atom is 0.340 e. The molecule has 92 valence electrons. The predicted molar refractivity (Wildman–Crippen MR) is 65.7 cm³/mol. The van der Waals surface area contributed by atoms with E-state index in [0.29, 0.717) is 4.90 Å². The number of carbonyl (C=O) groups excluding carboxylic acids is 2. The molecular weight excluding hydrogens is 230 g/mol. The largest absolute Gasteiger partial charge is 0.432 e. The van der Waals surface area contributed by atoms with Gasteiger partial charge in [0, 0.05) is 25.4 Å². The third kappa shape index (κ3) is 1.95. The molecule has 18 heavy (non-hydrogen) atoms. The Morgan fingerprint density at radius 1 is 1.56 bits per heavy atom. The van der Waals surface area contributed by atoms with E-state index in [-0.39, 0.29) is 5.56 Å². The molecule has 1 aliphatic rings. The number of amides is 1. The summed E-state index contributed by atoms with van der Waals surface area (Å²) in [5.74, 6) is -0.260. The second kappa shape index (κ2) is 4.53. The molecule has 0 bridgehead atoms. The number of rotatable bonds is 2. The van der Waals surface area contributed by atoms with E-state index in [1.54, 1.807) is 18.2 Å². The molecule has 1 aliphatic heterocycles. The summed E-state index contributed by atoms with van der Waals surface area (Å²) in [5, 5.41) is 0. The fourth-order valence-electron chi connectivity index (χ4n) is 1.47. The van der Waals surface area contributed by atoms with E-state index in [2.05, 4.69) is 0 Å². The molecule has 0 N–H and O–H groups in total. The molecule has 1 unspecified atom stereocenters. The number of likely N-dealkylation sites (N-methyl/N-ethyl adjacent to an activating group) is 1. The summed E-state index contributed by atoms with van der Waals surface area (Å²) in [7, 11) is 1.07. The molecule has 4 heteroatoms. The van der Waals surface area contributed by atoms with Gasteiger partial charge in [0.15, 0.2) is 0 Å². The van der Waals surface area contributed by atoms with Gasteiger partial charge in [-0.3, -0.25) is 4.79 Å². The minimum Gasteiger partial charge on any atom is -0.432 e. The molecule has 1 atom stereocenters. The molecule has 0 saturated carbocycles. The van der Waals surface area contributed by atoms with E-state index >= 15 is 0 Å². The van der Waals surface area contributed by atoms with Gasteiger partial charge in [-0.2, -0.15) is 0 Å². The molecule has 0 spiro atoms. The summed E-state index contributed by atoms with van der Waals surface area (Å²) in [4.78, 5) is 24.9. The Kier molecular flexibility index (Phi) is 2.00. The van der Waals surface area contributed by atoms with Gasteiger partial charge in [-0.1, -0.05) is 18.2 Å². The minimum atomic E-state index is -2.91. The number of nitrogens with zero attached hydrogens (tertiary/aromatic N) is 1. The maximum atomic E-state index is 12.3. The zero-order valence-corrected chi connectivity index (χ0v) is 9.64. The van der Waals surface area contributed by atoms with Crippen molar-refractivity contribution in [3.63, 3.8) is 0 Å². The summed E-state index contributed by atoms with van der Waals surface area (Å²) >= 11 is 0.